The van der Waals surface area contributed by atoms with E-state index in [0.29, 0.717) is 11.6 Å². The number of carbonyl (C=O) groups excluding carboxylic acids is 3. The number of rotatable bonds is 9. The van der Waals surface area contributed by atoms with E-state index in [-0.39, 0.29) is 25.1 Å². The van der Waals surface area contributed by atoms with Gasteiger partial charge in [-0.2, -0.15) is 0 Å². The highest BCUT2D eigenvalue weighted by Crippen LogP contribution is 2.20. The lowest BCUT2D eigenvalue weighted by Gasteiger charge is -2.22. The molecule has 0 saturated heterocycles. The summed E-state index contributed by atoms with van der Waals surface area (Å²) in [5.41, 5.74) is -0.0363. The molecule has 2 N–H and O–H groups in total. The van der Waals surface area contributed by atoms with Crippen LogP contribution in [0.1, 0.15) is 18.6 Å². The van der Waals surface area contributed by atoms with Crippen LogP contribution >= 0.6 is 0 Å². The summed E-state index contributed by atoms with van der Waals surface area (Å²) in [6.07, 6.45) is 2.65. The van der Waals surface area contributed by atoms with Gasteiger partial charge in [-0.25, -0.2) is 9.37 Å². The van der Waals surface area contributed by atoms with Gasteiger partial charge in [-0.05, 0) is 36.4 Å². The smallest absolute Gasteiger partial charge is 0.240 e. The van der Waals surface area contributed by atoms with E-state index in [0.717, 1.165) is 4.90 Å². The lowest BCUT2D eigenvalue weighted by Crippen LogP contribution is -2.41. The summed E-state index contributed by atoms with van der Waals surface area (Å²) < 4.78 is 19.5. The summed E-state index contributed by atoms with van der Waals surface area (Å²) in [7, 11) is 0. The summed E-state index contributed by atoms with van der Waals surface area (Å²) in [4.78, 5) is 42.3. The molecule has 0 saturated carbocycles. The van der Waals surface area contributed by atoms with Gasteiger partial charge in [0.05, 0.1) is 18.5 Å². The number of aromatic nitrogens is 1. The Morgan fingerprint density at radius 2 is 1.77 bits per heavy atom. The first-order chi connectivity index (χ1) is 15.0. The predicted octanol–water partition coefficient (Wildman–Crippen LogP) is 2.88. The lowest BCUT2D eigenvalue weighted by molar-refractivity contribution is -0.125. The van der Waals surface area contributed by atoms with Crippen LogP contribution in [0, 0.1) is 5.82 Å². The van der Waals surface area contributed by atoms with Crippen LogP contribution in [-0.2, 0) is 20.9 Å². The second kappa shape index (κ2) is 10.7. The van der Waals surface area contributed by atoms with Crippen molar-refractivity contribution in [3.8, 4) is 0 Å². The summed E-state index contributed by atoms with van der Waals surface area (Å²) in [5, 5.41) is 5.20. The summed E-state index contributed by atoms with van der Waals surface area (Å²) in [6.45, 7) is -0.264. The average molecular weight is 424 g/mol. The molecule has 3 aromatic rings. The van der Waals surface area contributed by atoms with E-state index in [1.165, 1.54) is 30.7 Å². The molecule has 2 heterocycles. The molecule has 2 aromatic heterocycles. The molecular weight excluding hydrogens is 403 g/mol. The molecular formula is C22H21FN4O4. The summed E-state index contributed by atoms with van der Waals surface area (Å²) in [5.74, 6) is -1.21. The molecule has 0 aliphatic carbocycles. The van der Waals surface area contributed by atoms with Crippen molar-refractivity contribution in [2.24, 2.45) is 0 Å². The highest BCUT2D eigenvalue weighted by atomic mass is 19.1. The van der Waals surface area contributed by atoms with Crippen molar-refractivity contribution < 1.29 is 23.2 Å². The number of nitrogens with one attached hydrogen (secondary N) is 2. The monoisotopic (exact) mass is 424 g/mol. The largest absolute Gasteiger partial charge is 0.467 e. The van der Waals surface area contributed by atoms with Gasteiger partial charge in [-0.1, -0.05) is 18.2 Å². The van der Waals surface area contributed by atoms with Gasteiger partial charge in [0.15, 0.2) is 0 Å². The van der Waals surface area contributed by atoms with Gasteiger partial charge in [0.25, 0.3) is 0 Å². The van der Waals surface area contributed by atoms with Gasteiger partial charge in [-0.15, -0.1) is 0 Å². The number of amides is 3. The predicted molar refractivity (Wildman–Crippen MR) is 111 cm³/mol. The van der Waals surface area contributed by atoms with Crippen LogP contribution < -0.4 is 15.5 Å². The van der Waals surface area contributed by atoms with Gasteiger partial charge in [0.2, 0.25) is 17.7 Å². The number of anilines is 2. The third-order valence-electron chi connectivity index (χ3n) is 4.28. The van der Waals surface area contributed by atoms with E-state index in [1.807, 2.05) is 0 Å². The van der Waals surface area contributed by atoms with Crippen LogP contribution in [0.15, 0.2) is 71.5 Å². The fraction of sp³-hybridized carbons (Fsp3) is 0.182. The van der Waals surface area contributed by atoms with Crippen LogP contribution in [0.5, 0.6) is 0 Å². The van der Waals surface area contributed by atoms with Gasteiger partial charge in [0, 0.05) is 19.0 Å². The third-order valence-corrected chi connectivity index (χ3v) is 4.28. The number of halogens is 1. The van der Waals surface area contributed by atoms with Gasteiger partial charge in [0.1, 0.15) is 23.9 Å². The zero-order valence-electron chi connectivity index (χ0n) is 16.6. The minimum Gasteiger partial charge on any atom is -0.467 e. The number of furan rings is 1. The van der Waals surface area contributed by atoms with E-state index < -0.39 is 30.1 Å². The molecule has 8 nitrogen and oxygen atoms in total. The first-order valence-corrected chi connectivity index (χ1v) is 9.58. The van der Waals surface area contributed by atoms with Crippen molar-refractivity contribution in [2.45, 2.75) is 19.4 Å². The zero-order chi connectivity index (χ0) is 22.1. The maximum atomic E-state index is 14.3. The molecule has 160 valence electrons. The van der Waals surface area contributed by atoms with Crippen LogP contribution in [-0.4, -0.2) is 29.3 Å². The van der Waals surface area contributed by atoms with Crippen molar-refractivity contribution in [3.63, 3.8) is 0 Å². The second-order valence-electron chi connectivity index (χ2n) is 6.55. The first-order valence-electron chi connectivity index (χ1n) is 9.58. The molecule has 0 aliphatic rings. The van der Waals surface area contributed by atoms with Crippen LogP contribution in [0.2, 0.25) is 0 Å². The number of benzene rings is 1. The minimum absolute atomic E-state index is 0.0363. The lowest BCUT2D eigenvalue weighted by atomic mass is 10.2. The molecule has 3 rings (SSSR count). The Morgan fingerprint density at radius 1 is 0.968 bits per heavy atom. The van der Waals surface area contributed by atoms with Crippen LogP contribution in [0.3, 0.4) is 0 Å². The second-order valence-corrected chi connectivity index (χ2v) is 6.55. The molecule has 31 heavy (non-hydrogen) atoms. The molecule has 0 unspecified atom stereocenters. The maximum absolute atomic E-state index is 14.3. The molecule has 0 aliphatic heterocycles. The molecule has 0 spiro atoms. The number of para-hydroxylation sites is 1. The third kappa shape index (κ3) is 6.49. The summed E-state index contributed by atoms with van der Waals surface area (Å²) >= 11 is 0. The topological polar surface area (TPSA) is 105 Å². The molecule has 9 heteroatoms. The maximum Gasteiger partial charge on any atom is 0.240 e. The number of pyridine rings is 1. The standard InChI is InChI=1S/C22H21FN4O4/c23-17-7-1-2-8-18(17)27(15-21(29)25-14-16-6-5-13-31-16)22(30)11-10-20(28)26-19-9-3-4-12-24-19/h1-9,12-13H,10-11,14-15H2,(H,25,29)(H,24,26,28). The summed E-state index contributed by atoms with van der Waals surface area (Å²) in [6, 6.07) is 14.1. The van der Waals surface area contributed by atoms with Crippen molar-refractivity contribution in [1.82, 2.24) is 10.3 Å². The quantitative estimate of drug-likeness (QED) is 0.550. The fourth-order valence-electron chi connectivity index (χ4n) is 2.77. The SMILES string of the molecule is O=C(CN(C(=O)CCC(=O)Nc1ccccn1)c1ccccc1F)NCc1ccco1. The Bertz CT molecular complexity index is 1030. The molecule has 1 aromatic carbocycles. The normalized spacial score (nSPS) is 10.4. The Kier molecular flexibility index (Phi) is 7.47. The molecule has 0 radical (unpaired) electrons. The number of hydrogen-bond acceptors (Lipinski definition) is 5. The number of carbonyl (C=O) groups is 3. The Labute approximate surface area is 178 Å². The van der Waals surface area contributed by atoms with Crippen molar-refractivity contribution in [1.29, 1.82) is 0 Å². The van der Waals surface area contributed by atoms with Gasteiger partial charge < -0.3 is 20.0 Å². The fourth-order valence-corrected chi connectivity index (χ4v) is 2.77. The molecule has 0 atom stereocenters. The molecule has 3 amide bonds. The Hall–Kier alpha value is -4.01. The van der Waals surface area contributed by atoms with E-state index in [9.17, 15) is 18.8 Å². The molecule has 0 bridgehead atoms. The minimum atomic E-state index is -0.646. The average Bonchev–Trinajstić information content (AvgIpc) is 3.29. The van der Waals surface area contributed by atoms with Crippen molar-refractivity contribution in [2.75, 3.05) is 16.8 Å². The van der Waals surface area contributed by atoms with E-state index >= 15 is 0 Å². The van der Waals surface area contributed by atoms with Crippen LogP contribution in [0.25, 0.3) is 0 Å². The number of hydrogen-bond donors (Lipinski definition) is 2. The van der Waals surface area contributed by atoms with Crippen molar-refractivity contribution in [3.05, 3.63) is 78.6 Å². The Balaban J connectivity index is 1.62. The highest BCUT2D eigenvalue weighted by Gasteiger charge is 2.22. The first kappa shape index (κ1) is 21.7. The Morgan fingerprint density at radius 3 is 2.48 bits per heavy atom. The van der Waals surface area contributed by atoms with Crippen LogP contribution in [0.4, 0.5) is 15.9 Å². The number of nitrogens with zero attached hydrogens (tertiary/aromatic N) is 2. The van der Waals surface area contributed by atoms with E-state index in [2.05, 4.69) is 15.6 Å². The highest BCUT2D eigenvalue weighted by molar-refractivity contribution is 6.01. The van der Waals surface area contributed by atoms with E-state index in [4.69, 9.17) is 4.42 Å². The van der Waals surface area contributed by atoms with Crippen molar-refractivity contribution >= 4 is 29.2 Å². The molecule has 0 fully saturated rings. The zero-order valence-corrected chi connectivity index (χ0v) is 16.6. The van der Waals surface area contributed by atoms with Gasteiger partial charge >= 0.3 is 0 Å². The van der Waals surface area contributed by atoms with Gasteiger partial charge in [-0.3, -0.25) is 14.4 Å². The van der Waals surface area contributed by atoms with E-state index in [1.54, 1.807) is 36.4 Å².